The van der Waals surface area contributed by atoms with Crippen LogP contribution in [-0.2, 0) is 0 Å². The lowest BCUT2D eigenvalue weighted by molar-refractivity contribution is 0.745. The van der Waals surface area contributed by atoms with Crippen LogP contribution in [0.25, 0.3) is 10.2 Å². The minimum Gasteiger partial charge on any atom is -0.357 e. The molecule has 0 saturated carbocycles. The van der Waals surface area contributed by atoms with Gasteiger partial charge in [-0.3, -0.25) is 0 Å². The van der Waals surface area contributed by atoms with Crippen molar-refractivity contribution in [3.63, 3.8) is 0 Å². The van der Waals surface area contributed by atoms with Gasteiger partial charge in [-0.2, -0.15) is 4.98 Å². The molecular formula is C13H20N4S. The fraction of sp³-hybridized carbons (Fsp3) is 0.538. The van der Waals surface area contributed by atoms with Crippen LogP contribution in [-0.4, -0.2) is 29.6 Å². The Morgan fingerprint density at radius 1 is 1.39 bits per heavy atom. The van der Waals surface area contributed by atoms with Crippen LogP contribution in [0.1, 0.15) is 27.2 Å². The number of anilines is 2. The summed E-state index contributed by atoms with van der Waals surface area (Å²) in [5, 5.41) is 6.48. The molecule has 2 rings (SSSR count). The molecule has 0 saturated heterocycles. The first-order valence-corrected chi connectivity index (χ1v) is 7.23. The molecule has 0 spiro atoms. The lowest BCUT2D eigenvalue weighted by Crippen LogP contribution is -2.27. The van der Waals surface area contributed by atoms with E-state index in [0.29, 0.717) is 6.04 Å². The van der Waals surface area contributed by atoms with Gasteiger partial charge >= 0.3 is 0 Å². The largest absolute Gasteiger partial charge is 0.357 e. The summed E-state index contributed by atoms with van der Waals surface area (Å²) >= 11 is 1.66. The third-order valence-corrected chi connectivity index (χ3v) is 3.75. The minimum absolute atomic E-state index is 0.419. The molecule has 2 aromatic rings. The SMILES string of the molecule is CCCNc1nc(N(C)C(C)C)c2ccsc2n1. The molecule has 0 aliphatic carbocycles. The van der Waals surface area contributed by atoms with Crippen LogP contribution < -0.4 is 10.2 Å². The number of aromatic nitrogens is 2. The zero-order chi connectivity index (χ0) is 13.1. The Morgan fingerprint density at radius 3 is 2.83 bits per heavy atom. The van der Waals surface area contributed by atoms with E-state index in [4.69, 9.17) is 0 Å². The van der Waals surface area contributed by atoms with E-state index in [2.05, 4.69) is 59.4 Å². The van der Waals surface area contributed by atoms with E-state index in [-0.39, 0.29) is 0 Å². The van der Waals surface area contributed by atoms with Gasteiger partial charge < -0.3 is 10.2 Å². The van der Waals surface area contributed by atoms with Crippen molar-refractivity contribution in [2.45, 2.75) is 33.2 Å². The first-order valence-electron chi connectivity index (χ1n) is 6.35. The number of rotatable bonds is 5. The highest BCUT2D eigenvalue weighted by molar-refractivity contribution is 7.16. The van der Waals surface area contributed by atoms with E-state index >= 15 is 0 Å². The Hall–Kier alpha value is -1.36. The first kappa shape index (κ1) is 13.1. The summed E-state index contributed by atoms with van der Waals surface area (Å²) in [5.41, 5.74) is 0. The van der Waals surface area contributed by atoms with Crippen LogP contribution in [0.2, 0.25) is 0 Å². The molecule has 1 N–H and O–H groups in total. The molecule has 0 unspecified atom stereocenters. The van der Waals surface area contributed by atoms with Crippen molar-refractivity contribution < 1.29 is 0 Å². The Kier molecular flexibility index (Phi) is 4.01. The van der Waals surface area contributed by atoms with Crippen LogP contribution in [0.5, 0.6) is 0 Å². The molecule has 0 aromatic carbocycles. The molecule has 0 amide bonds. The van der Waals surface area contributed by atoms with Crippen molar-refractivity contribution in [2.75, 3.05) is 23.8 Å². The second kappa shape index (κ2) is 5.52. The van der Waals surface area contributed by atoms with Crippen molar-refractivity contribution in [3.05, 3.63) is 11.4 Å². The number of hydrogen-bond donors (Lipinski definition) is 1. The molecule has 2 aromatic heterocycles. The highest BCUT2D eigenvalue weighted by Gasteiger charge is 2.14. The normalized spacial score (nSPS) is 11.2. The van der Waals surface area contributed by atoms with Gasteiger partial charge in [0.25, 0.3) is 0 Å². The average Bonchev–Trinajstić information content (AvgIpc) is 2.82. The van der Waals surface area contributed by atoms with Crippen molar-refractivity contribution in [1.29, 1.82) is 0 Å². The molecular weight excluding hydrogens is 244 g/mol. The maximum absolute atomic E-state index is 4.64. The standard InChI is InChI=1S/C13H20N4S/c1-5-7-14-13-15-11(17(4)9(2)3)10-6-8-18-12(10)16-13/h6,8-9H,5,7H2,1-4H3,(H,14,15,16). The van der Waals surface area contributed by atoms with Gasteiger partial charge in [-0.05, 0) is 31.7 Å². The average molecular weight is 264 g/mol. The van der Waals surface area contributed by atoms with Crippen LogP contribution in [0.15, 0.2) is 11.4 Å². The predicted molar refractivity (Wildman–Crippen MR) is 79.7 cm³/mol. The van der Waals surface area contributed by atoms with Gasteiger partial charge in [-0.25, -0.2) is 4.98 Å². The molecule has 0 aliphatic heterocycles. The lowest BCUT2D eigenvalue weighted by Gasteiger charge is -2.23. The van der Waals surface area contributed by atoms with Crippen LogP contribution >= 0.6 is 11.3 Å². The van der Waals surface area contributed by atoms with Crippen molar-refractivity contribution in [2.24, 2.45) is 0 Å². The maximum atomic E-state index is 4.64. The summed E-state index contributed by atoms with van der Waals surface area (Å²) in [6.45, 7) is 7.37. The minimum atomic E-state index is 0.419. The van der Waals surface area contributed by atoms with Crippen molar-refractivity contribution in [1.82, 2.24) is 9.97 Å². The molecule has 0 aliphatic rings. The van der Waals surface area contributed by atoms with E-state index in [0.717, 1.165) is 34.9 Å². The van der Waals surface area contributed by atoms with Crippen LogP contribution in [0.4, 0.5) is 11.8 Å². The Bertz CT molecular complexity index is 521. The molecule has 0 fully saturated rings. The van der Waals surface area contributed by atoms with E-state index in [1.807, 2.05) is 0 Å². The first-order chi connectivity index (χ1) is 8.63. The van der Waals surface area contributed by atoms with Gasteiger partial charge in [-0.1, -0.05) is 6.92 Å². The summed E-state index contributed by atoms with van der Waals surface area (Å²) < 4.78 is 0. The Morgan fingerprint density at radius 2 is 2.17 bits per heavy atom. The van der Waals surface area contributed by atoms with E-state index in [1.165, 1.54) is 0 Å². The van der Waals surface area contributed by atoms with Crippen molar-refractivity contribution in [3.8, 4) is 0 Å². The van der Waals surface area contributed by atoms with Crippen LogP contribution in [0.3, 0.4) is 0 Å². The highest BCUT2D eigenvalue weighted by atomic mass is 32.1. The van der Waals surface area contributed by atoms with Gasteiger partial charge in [0.1, 0.15) is 10.6 Å². The second-order valence-electron chi connectivity index (χ2n) is 4.64. The molecule has 0 bridgehead atoms. The Labute approximate surface area is 112 Å². The topological polar surface area (TPSA) is 41.1 Å². The fourth-order valence-electron chi connectivity index (χ4n) is 1.67. The third kappa shape index (κ3) is 2.56. The summed E-state index contributed by atoms with van der Waals surface area (Å²) in [5.74, 6) is 1.74. The Balaban J connectivity index is 2.44. The van der Waals surface area contributed by atoms with Gasteiger partial charge in [-0.15, -0.1) is 11.3 Å². The van der Waals surface area contributed by atoms with Crippen molar-refractivity contribution >= 4 is 33.3 Å². The summed E-state index contributed by atoms with van der Waals surface area (Å²) in [6.07, 6.45) is 1.07. The molecule has 0 radical (unpaired) electrons. The monoisotopic (exact) mass is 264 g/mol. The number of fused-ring (bicyclic) bond motifs is 1. The van der Waals surface area contributed by atoms with Crippen LogP contribution in [0, 0.1) is 0 Å². The van der Waals surface area contributed by atoms with Gasteiger partial charge in [0, 0.05) is 19.6 Å². The van der Waals surface area contributed by atoms with Gasteiger partial charge in [0.2, 0.25) is 5.95 Å². The number of thiophene rings is 1. The quantitative estimate of drug-likeness (QED) is 0.899. The zero-order valence-corrected chi connectivity index (χ0v) is 12.2. The highest BCUT2D eigenvalue weighted by Crippen LogP contribution is 2.29. The molecule has 98 valence electrons. The molecule has 2 heterocycles. The summed E-state index contributed by atoms with van der Waals surface area (Å²) in [6, 6.07) is 2.51. The lowest BCUT2D eigenvalue weighted by atomic mass is 10.3. The third-order valence-electron chi connectivity index (χ3n) is 2.95. The number of nitrogens with zero attached hydrogens (tertiary/aromatic N) is 3. The van der Waals surface area contributed by atoms with Gasteiger partial charge in [0.15, 0.2) is 0 Å². The molecule has 4 nitrogen and oxygen atoms in total. The molecule has 0 atom stereocenters. The van der Waals surface area contributed by atoms with E-state index in [9.17, 15) is 0 Å². The summed E-state index contributed by atoms with van der Waals surface area (Å²) in [7, 11) is 2.08. The maximum Gasteiger partial charge on any atom is 0.226 e. The second-order valence-corrected chi connectivity index (χ2v) is 5.54. The van der Waals surface area contributed by atoms with E-state index in [1.54, 1.807) is 11.3 Å². The molecule has 18 heavy (non-hydrogen) atoms. The molecule has 5 heteroatoms. The number of nitrogens with one attached hydrogen (secondary N) is 1. The predicted octanol–water partition coefficient (Wildman–Crippen LogP) is 3.36. The smallest absolute Gasteiger partial charge is 0.226 e. The van der Waals surface area contributed by atoms with Gasteiger partial charge in [0.05, 0.1) is 5.39 Å². The fourth-order valence-corrected chi connectivity index (χ4v) is 2.43. The number of hydrogen-bond acceptors (Lipinski definition) is 5. The van der Waals surface area contributed by atoms with E-state index < -0.39 is 0 Å². The zero-order valence-electron chi connectivity index (χ0n) is 11.4. The summed E-state index contributed by atoms with van der Waals surface area (Å²) in [4.78, 5) is 12.4.